The van der Waals surface area contributed by atoms with E-state index in [1.54, 1.807) is 0 Å². The Kier molecular flexibility index (Phi) is 7.13. The number of hydrogen-bond donors (Lipinski definition) is 0. The maximum atomic E-state index is 2.46. The van der Waals surface area contributed by atoms with Crippen LogP contribution in [0.1, 0.15) is 0 Å². The second-order valence-corrected chi connectivity index (χ2v) is 16.0. The minimum Gasteiger partial charge on any atom is -0.309 e. The van der Waals surface area contributed by atoms with E-state index in [9.17, 15) is 0 Å². The highest BCUT2D eigenvalue weighted by Gasteiger charge is 2.19. The monoisotopic (exact) mass is 742 g/mol. The second-order valence-electron chi connectivity index (χ2n) is 14.9. The average Bonchev–Trinajstić information content (AvgIpc) is 3.94. The smallest absolute Gasteiger partial charge is 0.0547 e. The Morgan fingerprint density at radius 1 is 0.281 bits per heavy atom. The maximum Gasteiger partial charge on any atom is 0.0547 e. The highest BCUT2D eigenvalue weighted by Crippen LogP contribution is 2.43. The lowest BCUT2D eigenvalue weighted by Crippen LogP contribution is -1.94. The van der Waals surface area contributed by atoms with Gasteiger partial charge in [-0.3, -0.25) is 0 Å². The number of aromatic nitrogens is 2. The van der Waals surface area contributed by atoms with Crippen LogP contribution in [0.3, 0.4) is 0 Å². The molecule has 0 N–H and O–H groups in total. The van der Waals surface area contributed by atoms with E-state index < -0.39 is 0 Å². The Balaban J connectivity index is 1.05. The third-order valence-corrected chi connectivity index (χ3v) is 12.9. The van der Waals surface area contributed by atoms with Gasteiger partial charge in [0, 0.05) is 53.1 Å². The van der Waals surface area contributed by atoms with Crippen molar-refractivity contribution in [2.75, 3.05) is 0 Å². The summed E-state index contributed by atoms with van der Waals surface area (Å²) in [4.78, 5) is 0. The zero-order valence-corrected chi connectivity index (χ0v) is 31.7. The standard InChI is InChI=1S/C54H34N2S/c1-3-12-35(13-4-1)36-22-26-40(27-23-36)55-48-19-9-7-16-43(48)45-32-38(24-29-49(45)55)39-25-30-50-47(33-39)54-42(37-14-5-2-6-15-37)18-11-20-51(54)56(50)41-28-31-53-46(34-41)44-17-8-10-21-52(44)57-53/h1-34H. The quantitative estimate of drug-likeness (QED) is 0.166. The van der Waals surface area contributed by atoms with E-state index in [-0.39, 0.29) is 0 Å². The fourth-order valence-electron chi connectivity index (χ4n) is 9.10. The van der Waals surface area contributed by atoms with Gasteiger partial charge in [0.2, 0.25) is 0 Å². The van der Waals surface area contributed by atoms with Crippen LogP contribution >= 0.6 is 11.3 Å². The van der Waals surface area contributed by atoms with Gasteiger partial charge in [-0.2, -0.15) is 0 Å². The number of benzene rings is 9. The zero-order valence-electron chi connectivity index (χ0n) is 30.9. The van der Waals surface area contributed by atoms with Crippen LogP contribution in [-0.2, 0) is 0 Å². The molecule has 0 aliphatic carbocycles. The molecule has 9 aromatic carbocycles. The van der Waals surface area contributed by atoms with Crippen LogP contribution in [0, 0.1) is 0 Å². The van der Waals surface area contributed by atoms with Crippen molar-refractivity contribution in [1.29, 1.82) is 0 Å². The van der Waals surface area contributed by atoms with Gasteiger partial charge in [0.05, 0.1) is 22.1 Å². The summed E-state index contributed by atoms with van der Waals surface area (Å²) in [6, 6.07) is 75.7. The Bertz CT molecular complexity index is 3490. The molecule has 266 valence electrons. The fourth-order valence-corrected chi connectivity index (χ4v) is 10.2. The molecule has 12 aromatic rings. The van der Waals surface area contributed by atoms with Crippen molar-refractivity contribution in [2.24, 2.45) is 0 Å². The van der Waals surface area contributed by atoms with E-state index >= 15 is 0 Å². The van der Waals surface area contributed by atoms with E-state index in [0.29, 0.717) is 0 Å². The topological polar surface area (TPSA) is 9.86 Å². The van der Waals surface area contributed by atoms with E-state index in [0.717, 1.165) is 5.69 Å². The molecule has 0 radical (unpaired) electrons. The van der Waals surface area contributed by atoms with Crippen molar-refractivity contribution in [3.8, 4) is 44.8 Å². The number of hydrogen-bond acceptors (Lipinski definition) is 1. The molecule has 12 rings (SSSR count). The molecule has 3 aromatic heterocycles. The van der Waals surface area contributed by atoms with E-state index in [1.807, 2.05) is 11.3 Å². The first-order valence-electron chi connectivity index (χ1n) is 19.5. The lowest BCUT2D eigenvalue weighted by atomic mass is 9.97. The molecule has 0 amide bonds. The van der Waals surface area contributed by atoms with Crippen LogP contribution in [0.15, 0.2) is 206 Å². The van der Waals surface area contributed by atoms with Gasteiger partial charge in [-0.1, -0.05) is 133 Å². The van der Waals surface area contributed by atoms with Gasteiger partial charge in [-0.25, -0.2) is 0 Å². The molecule has 0 spiro atoms. The van der Waals surface area contributed by atoms with Crippen LogP contribution in [0.4, 0.5) is 0 Å². The largest absolute Gasteiger partial charge is 0.309 e. The molecule has 0 aliphatic heterocycles. The molecule has 3 heteroatoms. The van der Waals surface area contributed by atoms with Gasteiger partial charge in [-0.05, 0) is 106 Å². The molecule has 0 bridgehead atoms. The van der Waals surface area contributed by atoms with Crippen molar-refractivity contribution in [2.45, 2.75) is 0 Å². The molecular formula is C54H34N2S. The molecule has 0 aliphatic rings. The second kappa shape index (κ2) is 12.7. The number of rotatable bonds is 5. The van der Waals surface area contributed by atoms with E-state index in [4.69, 9.17) is 0 Å². The molecule has 2 nitrogen and oxygen atoms in total. The highest BCUT2D eigenvalue weighted by atomic mass is 32.1. The molecular weight excluding hydrogens is 709 g/mol. The summed E-state index contributed by atoms with van der Waals surface area (Å²) < 4.78 is 7.50. The summed E-state index contributed by atoms with van der Waals surface area (Å²) in [5.74, 6) is 0. The van der Waals surface area contributed by atoms with Gasteiger partial charge >= 0.3 is 0 Å². The maximum absolute atomic E-state index is 2.46. The molecule has 3 heterocycles. The van der Waals surface area contributed by atoms with Crippen LogP contribution in [-0.4, -0.2) is 9.13 Å². The van der Waals surface area contributed by atoms with Crippen LogP contribution in [0.25, 0.3) is 109 Å². The van der Waals surface area contributed by atoms with Crippen molar-refractivity contribution >= 4 is 75.1 Å². The summed E-state index contributed by atoms with van der Waals surface area (Å²) in [7, 11) is 0. The Labute approximate surface area is 333 Å². The van der Waals surface area contributed by atoms with Crippen molar-refractivity contribution < 1.29 is 0 Å². The first-order valence-corrected chi connectivity index (χ1v) is 20.3. The van der Waals surface area contributed by atoms with Crippen LogP contribution in [0.2, 0.25) is 0 Å². The third kappa shape index (κ3) is 5.03. The predicted octanol–water partition coefficient (Wildman–Crippen LogP) is 15.2. The van der Waals surface area contributed by atoms with Gasteiger partial charge in [0.1, 0.15) is 0 Å². The first kappa shape index (κ1) is 32.1. The fraction of sp³-hybridized carbons (Fsp3) is 0. The third-order valence-electron chi connectivity index (χ3n) is 11.7. The van der Waals surface area contributed by atoms with Gasteiger partial charge in [0.15, 0.2) is 0 Å². The predicted molar refractivity (Wildman–Crippen MR) is 244 cm³/mol. The number of thiophene rings is 1. The summed E-state index contributed by atoms with van der Waals surface area (Å²) in [6.45, 7) is 0. The first-order chi connectivity index (χ1) is 28.3. The summed E-state index contributed by atoms with van der Waals surface area (Å²) in [6.07, 6.45) is 0. The zero-order chi connectivity index (χ0) is 37.5. The summed E-state index contributed by atoms with van der Waals surface area (Å²) in [5.41, 5.74) is 14.5. The molecule has 0 atom stereocenters. The SMILES string of the molecule is c1ccc(-c2ccc(-n3c4ccccc4c4cc(-c5ccc6c(c5)c5c(-c7ccccc7)cccc5n6-c5ccc6sc7ccccc7c6c5)ccc43)cc2)cc1. The summed E-state index contributed by atoms with van der Waals surface area (Å²) >= 11 is 1.86. The van der Waals surface area contributed by atoms with Crippen LogP contribution < -0.4 is 0 Å². The van der Waals surface area contributed by atoms with Crippen molar-refractivity contribution in [3.63, 3.8) is 0 Å². The van der Waals surface area contributed by atoms with Gasteiger partial charge in [0.25, 0.3) is 0 Å². The van der Waals surface area contributed by atoms with Gasteiger partial charge in [-0.15, -0.1) is 11.3 Å². The Hall–Kier alpha value is -7.20. The Morgan fingerprint density at radius 3 is 1.61 bits per heavy atom. The number of fused-ring (bicyclic) bond motifs is 9. The van der Waals surface area contributed by atoms with Crippen molar-refractivity contribution in [1.82, 2.24) is 9.13 Å². The highest BCUT2D eigenvalue weighted by molar-refractivity contribution is 7.25. The van der Waals surface area contributed by atoms with Crippen LogP contribution in [0.5, 0.6) is 0 Å². The Morgan fingerprint density at radius 2 is 0.825 bits per heavy atom. The van der Waals surface area contributed by atoms with E-state index in [2.05, 4.69) is 215 Å². The molecule has 0 unspecified atom stereocenters. The van der Waals surface area contributed by atoms with E-state index in [1.165, 1.54) is 103 Å². The van der Waals surface area contributed by atoms with Gasteiger partial charge < -0.3 is 9.13 Å². The number of para-hydroxylation sites is 1. The minimum absolute atomic E-state index is 1.16. The minimum atomic E-state index is 1.16. The summed E-state index contributed by atoms with van der Waals surface area (Å²) in [5, 5.41) is 7.64. The van der Waals surface area contributed by atoms with Crippen molar-refractivity contribution in [3.05, 3.63) is 206 Å². The normalized spacial score (nSPS) is 11.9. The molecule has 57 heavy (non-hydrogen) atoms. The lowest BCUT2D eigenvalue weighted by molar-refractivity contribution is 1.18. The lowest BCUT2D eigenvalue weighted by Gasteiger charge is -2.10. The molecule has 0 fully saturated rings. The average molecular weight is 743 g/mol. The molecule has 0 saturated carbocycles. The number of nitrogens with zero attached hydrogens (tertiary/aromatic N) is 2. The molecule has 0 saturated heterocycles.